The van der Waals surface area contributed by atoms with Crippen molar-refractivity contribution in [2.75, 3.05) is 18.5 Å². The van der Waals surface area contributed by atoms with Crippen LogP contribution in [0.4, 0.5) is 19.3 Å². The summed E-state index contributed by atoms with van der Waals surface area (Å²) >= 11 is 0. The van der Waals surface area contributed by atoms with Crippen LogP contribution in [0.3, 0.4) is 0 Å². The number of carbonyl (C=O) groups is 1. The number of amides is 2. The molecule has 0 unspecified atom stereocenters. The van der Waals surface area contributed by atoms with Gasteiger partial charge in [-0.3, -0.25) is 0 Å². The van der Waals surface area contributed by atoms with Gasteiger partial charge in [0.2, 0.25) is 0 Å². The molecule has 122 valence electrons. The summed E-state index contributed by atoms with van der Waals surface area (Å²) in [5.41, 5.74) is 0.578. The van der Waals surface area contributed by atoms with Crippen molar-refractivity contribution < 1.29 is 18.3 Å². The number of aryl methyl sites for hydroxylation is 1. The molecule has 6 heteroatoms. The summed E-state index contributed by atoms with van der Waals surface area (Å²) in [5, 5.41) is 4.68. The summed E-state index contributed by atoms with van der Waals surface area (Å²) in [4.78, 5) is 11.6. The smallest absolute Gasteiger partial charge is 0.319 e. The first-order valence-electron chi connectivity index (χ1n) is 7.25. The standard InChI is InChI=1S/C17H18F2N2O2/c1-12-6-2-3-9-15(12)23-11-5-10-20-17(22)21-16-13(18)7-4-8-14(16)19/h2-4,6-9H,5,10-11H2,1H3,(H2,20,21,22). The van der Waals surface area contributed by atoms with E-state index in [0.717, 1.165) is 23.4 Å². The van der Waals surface area contributed by atoms with Crippen molar-refractivity contribution in [3.05, 3.63) is 59.7 Å². The van der Waals surface area contributed by atoms with Gasteiger partial charge in [-0.05, 0) is 37.1 Å². The van der Waals surface area contributed by atoms with Gasteiger partial charge in [0, 0.05) is 6.54 Å². The third-order valence-corrected chi connectivity index (χ3v) is 3.16. The third-order valence-electron chi connectivity index (χ3n) is 3.16. The highest BCUT2D eigenvalue weighted by Gasteiger charge is 2.11. The van der Waals surface area contributed by atoms with E-state index in [-0.39, 0.29) is 0 Å². The fourth-order valence-corrected chi connectivity index (χ4v) is 1.95. The van der Waals surface area contributed by atoms with Gasteiger partial charge in [-0.2, -0.15) is 0 Å². The Balaban J connectivity index is 1.70. The van der Waals surface area contributed by atoms with E-state index in [1.165, 1.54) is 6.07 Å². The molecule has 2 aromatic rings. The van der Waals surface area contributed by atoms with Crippen LogP contribution in [-0.4, -0.2) is 19.2 Å². The van der Waals surface area contributed by atoms with Crippen molar-refractivity contribution in [1.82, 2.24) is 5.32 Å². The lowest BCUT2D eigenvalue weighted by Crippen LogP contribution is -2.31. The molecule has 0 aliphatic rings. The van der Waals surface area contributed by atoms with Crippen molar-refractivity contribution in [3.8, 4) is 5.75 Å². The topological polar surface area (TPSA) is 50.4 Å². The molecule has 0 aromatic heterocycles. The molecular formula is C17H18F2N2O2. The minimum Gasteiger partial charge on any atom is -0.493 e. The lowest BCUT2D eigenvalue weighted by atomic mass is 10.2. The molecule has 0 bridgehead atoms. The molecule has 2 amide bonds. The highest BCUT2D eigenvalue weighted by atomic mass is 19.1. The SMILES string of the molecule is Cc1ccccc1OCCCNC(=O)Nc1c(F)cccc1F. The monoisotopic (exact) mass is 320 g/mol. The predicted molar refractivity (Wildman–Crippen MR) is 84.7 cm³/mol. The zero-order valence-corrected chi connectivity index (χ0v) is 12.7. The minimum atomic E-state index is -0.817. The van der Waals surface area contributed by atoms with Crippen LogP contribution in [0.2, 0.25) is 0 Å². The van der Waals surface area contributed by atoms with Crippen LogP contribution in [0.15, 0.2) is 42.5 Å². The minimum absolute atomic E-state index is 0.327. The van der Waals surface area contributed by atoms with Crippen LogP contribution < -0.4 is 15.4 Å². The van der Waals surface area contributed by atoms with Crippen LogP contribution in [0.1, 0.15) is 12.0 Å². The molecule has 23 heavy (non-hydrogen) atoms. The van der Waals surface area contributed by atoms with Gasteiger partial charge in [-0.15, -0.1) is 0 Å². The van der Waals surface area contributed by atoms with E-state index in [4.69, 9.17) is 4.74 Å². The van der Waals surface area contributed by atoms with Crippen LogP contribution in [-0.2, 0) is 0 Å². The number of hydrogen-bond donors (Lipinski definition) is 2. The summed E-state index contributed by atoms with van der Waals surface area (Å²) in [5.74, 6) is -0.837. The average molecular weight is 320 g/mol. The fraction of sp³-hybridized carbons (Fsp3) is 0.235. The Bertz CT molecular complexity index is 657. The van der Waals surface area contributed by atoms with Crippen molar-refractivity contribution >= 4 is 11.7 Å². The molecule has 2 aromatic carbocycles. The number of ether oxygens (including phenoxy) is 1. The van der Waals surface area contributed by atoms with Crippen LogP contribution >= 0.6 is 0 Å². The molecule has 0 fully saturated rings. The first-order valence-corrected chi connectivity index (χ1v) is 7.25. The Morgan fingerprint density at radius 3 is 2.48 bits per heavy atom. The van der Waals surface area contributed by atoms with Gasteiger partial charge in [0.05, 0.1) is 6.61 Å². The average Bonchev–Trinajstić information content (AvgIpc) is 2.52. The van der Waals surface area contributed by atoms with E-state index in [1.807, 2.05) is 31.2 Å². The molecule has 0 saturated carbocycles. The quantitative estimate of drug-likeness (QED) is 0.794. The second-order valence-electron chi connectivity index (χ2n) is 4.95. The Labute approximate surface area is 133 Å². The Morgan fingerprint density at radius 2 is 1.78 bits per heavy atom. The van der Waals surface area contributed by atoms with Crippen LogP contribution in [0.5, 0.6) is 5.75 Å². The van der Waals surface area contributed by atoms with E-state index in [1.54, 1.807) is 0 Å². The highest BCUT2D eigenvalue weighted by molar-refractivity contribution is 5.89. The number of halogens is 2. The molecule has 2 N–H and O–H groups in total. The second-order valence-corrected chi connectivity index (χ2v) is 4.95. The Kier molecular flexibility index (Phi) is 5.91. The van der Waals surface area contributed by atoms with E-state index in [0.29, 0.717) is 19.6 Å². The van der Waals surface area contributed by atoms with Gasteiger partial charge < -0.3 is 15.4 Å². The van der Waals surface area contributed by atoms with Gasteiger partial charge in [-0.1, -0.05) is 24.3 Å². The molecule has 0 radical (unpaired) electrons. The molecule has 0 aliphatic heterocycles. The van der Waals surface area contributed by atoms with Crippen LogP contribution in [0, 0.1) is 18.6 Å². The van der Waals surface area contributed by atoms with Gasteiger partial charge >= 0.3 is 6.03 Å². The van der Waals surface area contributed by atoms with Crippen molar-refractivity contribution in [2.24, 2.45) is 0 Å². The van der Waals surface area contributed by atoms with Crippen molar-refractivity contribution in [1.29, 1.82) is 0 Å². The van der Waals surface area contributed by atoms with Gasteiger partial charge in [0.25, 0.3) is 0 Å². The Morgan fingerprint density at radius 1 is 1.09 bits per heavy atom. The lowest BCUT2D eigenvalue weighted by Gasteiger charge is -2.10. The molecule has 0 spiro atoms. The summed E-state index contributed by atoms with van der Waals surface area (Å²) in [6, 6.07) is 10.4. The first kappa shape index (κ1) is 16.7. The molecular weight excluding hydrogens is 302 g/mol. The molecule has 0 aliphatic carbocycles. The van der Waals surface area contributed by atoms with E-state index in [2.05, 4.69) is 10.6 Å². The first-order chi connectivity index (χ1) is 11.1. The zero-order valence-electron chi connectivity index (χ0n) is 12.7. The molecule has 2 rings (SSSR count). The zero-order chi connectivity index (χ0) is 16.7. The van der Waals surface area contributed by atoms with E-state index in [9.17, 15) is 13.6 Å². The van der Waals surface area contributed by atoms with Gasteiger partial charge in [0.1, 0.15) is 23.1 Å². The molecule has 4 nitrogen and oxygen atoms in total. The Hall–Kier alpha value is -2.63. The van der Waals surface area contributed by atoms with Gasteiger partial charge in [-0.25, -0.2) is 13.6 Å². The summed E-state index contributed by atoms with van der Waals surface area (Å²) < 4.78 is 32.3. The van der Waals surface area contributed by atoms with E-state index >= 15 is 0 Å². The summed E-state index contributed by atoms with van der Waals surface area (Å²) in [6.07, 6.45) is 0.571. The number of urea groups is 1. The number of carbonyl (C=O) groups excluding carboxylic acids is 1. The predicted octanol–water partition coefficient (Wildman–Crippen LogP) is 3.86. The number of para-hydroxylation sites is 2. The van der Waals surface area contributed by atoms with Crippen molar-refractivity contribution in [2.45, 2.75) is 13.3 Å². The number of anilines is 1. The summed E-state index contributed by atoms with van der Waals surface area (Å²) in [7, 11) is 0. The van der Waals surface area contributed by atoms with Gasteiger partial charge in [0.15, 0.2) is 0 Å². The summed E-state index contributed by atoms with van der Waals surface area (Å²) in [6.45, 7) is 2.71. The van der Waals surface area contributed by atoms with E-state index < -0.39 is 23.4 Å². The lowest BCUT2D eigenvalue weighted by molar-refractivity contribution is 0.250. The number of rotatable bonds is 6. The number of benzene rings is 2. The fourth-order valence-electron chi connectivity index (χ4n) is 1.95. The maximum Gasteiger partial charge on any atom is 0.319 e. The number of hydrogen-bond acceptors (Lipinski definition) is 2. The second kappa shape index (κ2) is 8.12. The third kappa shape index (κ3) is 4.95. The van der Waals surface area contributed by atoms with Crippen LogP contribution in [0.25, 0.3) is 0 Å². The maximum atomic E-state index is 13.4. The number of nitrogens with one attached hydrogen (secondary N) is 2. The maximum absolute atomic E-state index is 13.4. The largest absolute Gasteiger partial charge is 0.493 e. The molecule has 0 atom stereocenters. The normalized spacial score (nSPS) is 10.2. The molecule has 0 saturated heterocycles. The van der Waals surface area contributed by atoms with Crippen molar-refractivity contribution in [3.63, 3.8) is 0 Å². The highest BCUT2D eigenvalue weighted by Crippen LogP contribution is 2.18. The molecule has 0 heterocycles.